The van der Waals surface area contributed by atoms with Gasteiger partial charge in [0.05, 0.1) is 6.61 Å². The largest absolute Gasteiger partial charge is 0.462 e. The molecular weight excluding hydrogens is 340 g/mol. The Morgan fingerprint density at radius 1 is 0.960 bits per heavy atom. The zero-order valence-electron chi connectivity index (χ0n) is 14.3. The maximum Gasteiger partial charge on any atom is 0.303 e. The van der Waals surface area contributed by atoms with Gasteiger partial charge in [-0.15, -0.1) is 0 Å². The molecule has 0 saturated carbocycles. The lowest BCUT2D eigenvalue weighted by atomic mass is 9.97. The van der Waals surface area contributed by atoms with Crippen molar-refractivity contribution < 1.29 is 47.5 Å². The second-order valence-electron chi connectivity index (χ2n) is 5.60. The van der Waals surface area contributed by atoms with Crippen molar-refractivity contribution >= 4 is 17.9 Å². The fourth-order valence-corrected chi connectivity index (χ4v) is 2.68. The van der Waals surface area contributed by atoms with Crippen LogP contribution in [0.2, 0.25) is 0 Å². The van der Waals surface area contributed by atoms with E-state index in [1.165, 1.54) is 20.8 Å². The minimum Gasteiger partial charge on any atom is -0.462 e. The Balaban J connectivity index is 2.21. The van der Waals surface area contributed by atoms with Crippen LogP contribution in [0.25, 0.3) is 0 Å². The zero-order chi connectivity index (χ0) is 18.4. The van der Waals surface area contributed by atoms with Crippen molar-refractivity contribution in [3.8, 4) is 0 Å². The molecule has 2 rings (SSSR count). The van der Waals surface area contributed by atoms with Gasteiger partial charge < -0.3 is 33.2 Å². The van der Waals surface area contributed by atoms with Crippen molar-refractivity contribution in [3.63, 3.8) is 0 Å². The van der Waals surface area contributed by atoms with Gasteiger partial charge in [0.25, 0.3) is 0 Å². The normalized spacial score (nSPS) is 28.2. The Morgan fingerprint density at radius 3 is 2.32 bits per heavy atom. The van der Waals surface area contributed by atoms with E-state index >= 15 is 0 Å². The molecule has 0 spiro atoms. The van der Waals surface area contributed by atoms with Crippen LogP contribution >= 0.6 is 0 Å². The summed E-state index contributed by atoms with van der Waals surface area (Å²) < 4.78 is 37.2. The van der Waals surface area contributed by atoms with Gasteiger partial charge in [-0.25, -0.2) is 0 Å². The molecule has 10 nitrogen and oxygen atoms in total. The van der Waals surface area contributed by atoms with Crippen LogP contribution in [0.15, 0.2) is 0 Å². The summed E-state index contributed by atoms with van der Waals surface area (Å²) in [6, 6.07) is 0. The van der Waals surface area contributed by atoms with Gasteiger partial charge >= 0.3 is 17.9 Å². The second kappa shape index (κ2) is 9.09. The summed E-state index contributed by atoms with van der Waals surface area (Å²) >= 11 is 0. The van der Waals surface area contributed by atoms with Gasteiger partial charge in [0.2, 0.25) is 0 Å². The quantitative estimate of drug-likeness (QED) is 0.453. The molecule has 0 aromatic carbocycles. The van der Waals surface area contributed by atoms with Crippen LogP contribution in [0.5, 0.6) is 0 Å². The Hall–Kier alpha value is -1.75. The third-order valence-electron chi connectivity index (χ3n) is 3.62. The summed E-state index contributed by atoms with van der Waals surface area (Å²) in [4.78, 5) is 34.1. The van der Waals surface area contributed by atoms with Gasteiger partial charge in [-0.2, -0.15) is 0 Å². The van der Waals surface area contributed by atoms with Crippen LogP contribution in [0, 0.1) is 0 Å². The number of esters is 3. The first-order chi connectivity index (χ1) is 11.9. The van der Waals surface area contributed by atoms with Gasteiger partial charge in [0.15, 0.2) is 12.2 Å². The molecule has 5 atom stereocenters. The molecule has 2 aliphatic heterocycles. The SMILES string of the molecule is CC(=O)OC[C@@H](OC(C)=O)[C@@H](OC(C)=O)[C@H]1OCO[C@@H]2COCO[C@H]12. The van der Waals surface area contributed by atoms with Crippen LogP contribution in [0.4, 0.5) is 0 Å². The molecule has 0 unspecified atom stereocenters. The number of carbonyl (C=O) groups is 3. The maximum atomic E-state index is 11.6. The van der Waals surface area contributed by atoms with Crippen molar-refractivity contribution in [1.82, 2.24) is 0 Å². The minimum absolute atomic E-state index is 0.0271. The van der Waals surface area contributed by atoms with E-state index in [1.807, 2.05) is 0 Å². The lowest BCUT2D eigenvalue weighted by Gasteiger charge is -2.43. The summed E-state index contributed by atoms with van der Waals surface area (Å²) in [5, 5.41) is 0. The van der Waals surface area contributed by atoms with Crippen LogP contribution in [0.3, 0.4) is 0 Å². The molecule has 0 aromatic heterocycles. The third kappa shape index (κ3) is 5.63. The molecule has 0 radical (unpaired) electrons. The molecule has 25 heavy (non-hydrogen) atoms. The van der Waals surface area contributed by atoms with Crippen molar-refractivity contribution in [2.24, 2.45) is 0 Å². The van der Waals surface area contributed by atoms with Crippen molar-refractivity contribution in [2.75, 3.05) is 26.8 Å². The standard InChI is InChI=1S/C15H22O10/c1-8(16)20-5-12(24-9(2)17)14(25-10(3)18)15-13-11(21-7-23-15)4-19-6-22-13/h11-15H,4-7H2,1-3H3/t11-,12-,13+,14-,15+/m1/s1. The Labute approximate surface area is 144 Å². The van der Waals surface area contributed by atoms with E-state index in [9.17, 15) is 14.4 Å². The van der Waals surface area contributed by atoms with E-state index in [1.54, 1.807) is 0 Å². The highest BCUT2D eigenvalue weighted by Crippen LogP contribution is 2.27. The number of hydrogen-bond acceptors (Lipinski definition) is 10. The maximum absolute atomic E-state index is 11.6. The molecule has 2 heterocycles. The van der Waals surface area contributed by atoms with Crippen LogP contribution in [0.1, 0.15) is 20.8 Å². The highest BCUT2D eigenvalue weighted by Gasteiger charge is 2.48. The van der Waals surface area contributed by atoms with E-state index < -0.39 is 48.4 Å². The van der Waals surface area contributed by atoms with E-state index in [0.29, 0.717) is 6.61 Å². The van der Waals surface area contributed by atoms with E-state index in [4.69, 9.17) is 33.2 Å². The van der Waals surface area contributed by atoms with Gasteiger partial charge in [0.1, 0.15) is 38.5 Å². The fourth-order valence-electron chi connectivity index (χ4n) is 2.68. The van der Waals surface area contributed by atoms with Crippen molar-refractivity contribution in [2.45, 2.75) is 51.3 Å². The number of carbonyl (C=O) groups excluding carboxylic acids is 3. The first-order valence-corrected chi connectivity index (χ1v) is 7.79. The summed E-state index contributed by atoms with van der Waals surface area (Å²) in [7, 11) is 0. The Morgan fingerprint density at radius 2 is 1.68 bits per heavy atom. The smallest absolute Gasteiger partial charge is 0.303 e. The number of hydrogen-bond donors (Lipinski definition) is 0. The number of fused-ring (bicyclic) bond motifs is 1. The summed E-state index contributed by atoms with van der Waals surface area (Å²) in [6.45, 7) is 3.58. The lowest BCUT2D eigenvalue weighted by Crippen LogP contribution is -2.60. The van der Waals surface area contributed by atoms with Gasteiger partial charge in [-0.05, 0) is 0 Å². The predicted molar refractivity (Wildman–Crippen MR) is 78.0 cm³/mol. The van der Waals surface area contributed by atoms with E-state index in [0.717, 1.165) is 0 Å². The molecular formula is C15H22O10. The molecule has 0 aromatic rings. The predicted octanol–water partition coefficient (Wildman–Crippen LogP) is -0.473. The third-order valence-corrected chi connectivity index (χ3v) is 3.62. The van der Waals surface area contributed by atoms with Crippen molar-refractivity contribution in [1.29, 1.82) is 0 Å². The zero-order valence-corrected chi connectivity index (χ0v) is 14.3. The Kier molecular flexibility index (Phi) is 7.12. The highest BCUT2D eigenvalue weighted by molar-refractivity contribution is 5.68. The average molecular weight is 362 g/mol. The monoisotopic (exact) mass is 362 g/mol. The number of rotatable bonds is 6. The minimum atomic E-state index is -1.06. The van der Waals surface area contributed by atoms with Crippen LogP contribution in [-0.2, 0) is 47.5 Å². The summed E-state index contributed by atoms with van der Waals surface area (Å²) in [6.07, 6.45) is -3.90. The van der Waals surface area contributed by atoms with E-state index in [-0.39, 0.29) is 20.2 Å². The average Bonchev–Trinajstić information content (AvgIpc) is 2.55. The van der Waals surface area contributed by atoms with Crippen LogP contribution in [-0.4, -0.2) is 75.2 Å². The summed E-state index contributed by atoms with van der Waals surface area (Å²) in [5.74, 6) is -1.79. The van der Waals surface area contributed by atoms with E-state index in [2.05, 4.69) is 0 Å². The highest BCUT2D eigenvalue weighted by atomic mass is 16.8. The van der Waals surface area contributed by atoms with Crippen molar-refractivity contribution in [3.05, 3.63) is 0 Å². The molecule has 0 aliphatic carbocycles. The van der Waals surface area contributed by atoms with Gasteiger partial charge in [0, 0.05) is 20.8 Å². The molecule has 0 N–H and O–H groups in total. The first kappa shape index (κ1) is 19.6. The molecule has 0 amide bonds. The van der Waals surface area contributed by atoms with Crippen LogP contribution < -0.4 is 0 Å². The fraction of sp³-hybridized carbons (Fsp3) is 0.800. The topological polar surface area (TPSA) is 116 Å². The number of ether oxygens (including phenoxy) is 7. The molecule has 2 fully saturated rings. The lowest BCUT2D eigenvalue weighted by molar-refractivity contribution is -0.319. The molecule has 2 aliphatic rings. The second-order valence-corrected chi connectivity index (χ2v) is 5.60. The molecule has 0 bridgehead atoms. The van der Waals surface area contributed by atoms with Gasteiger partial charge in [-0.3, -0.25) is 14.4 Å². The van der Waals surface area contributed by atoms with Gasteiger partial charge in [-0.1, -0.05) is 0 Å². The summed E-state index contributed by atoms with van der Waals surface area (Å²) in [5.41, 5.74) is 0. The molecule has 2 saturated heterocycles. The first-order valence-electron chi connectivity index (χ1n) is 7.79. The molecule has 10 heteroatoms. The molecule has 142 valence electrons. The Bertz CT molecular complexity index is 491.